The van der Waals surface area contributed by atoms with Crippen LogP contribution in [-0.2, 0) is 4.79 Å². The molecule has 0 bridgehead atoms. The third-order valence-corrected chi connectivity index (χ3v) is 4.36. The molecule has 1 aromatic heterocycles. The second-order valence-corrected chi connectivity index (χ2v) is 5.69. The molecule has 20 heavy (non-hydrogen) atoms. The number of carboxylic acids is 1. The average molecular weight is 287 g/mol. The molecule has 1 fully saturated rings. The number of benzene rings is 1. The quantitative estimate of drug-likeness (QED) is 0.944. The van der Waals surface area contributed by atoms with Gasteiger partial charge in [-0.05, 0) is 17.0 Å². The van der Waals surface area contributed by atoms with E-state index in [1.54, 1.807) is 4.90 Å². The highest BCUT2D eigenvalue weighted by Gasteiger charge is 2.36. The molecular weight excluding hydrogens is 274 g/mol. The highest BCUT2D eigenvalue weighted by Crippen LogP contribution is 2.31. The Morgan fingerprint density at radius 2 is 1.85 bits per heavy atom. The minimum absolute atomic E-state index is 0.0728. The lowest BCUT2D eigenvalue weighted by atomic mass is 9.99. The van der Waals surface area contributed by atoms with Crippen LogP contribution >= 0.6 is 11.3 Å². The van der Waals surface area contributed by atoms with Crippen LogP contribution in [0.5, 0.6) is 0 Å². The molecule has 102 valence electrons. The molecule has 1 aliphatic heterocycles. The lowest BCUT2D eigenvalue weighted by Gasteiger charge is -2.36. The van der Waals surface area contributed by atoms with Crippen molar-refractivity contribution in [2.24, 2.45) is 5.92 Å². The molecule has 1 aromatic carbocycles. The summed E-state index contributed by atoms with van der Waals surface area (Å²) >= 11 is 1.40. The molecule has 0 saturated carbocycles. The summed E-state index contributed by atoms with van der Waals surface area (Å²) in [4.78, 5) is 25.5. The van der Waals surface area contributed by atoms with Crippen molar-refractivity contribution in [2.45, 2.75) is 0 Å². The predicted molar refractivity (Wildman–Crippen MR) is 76.8 cm³/mol. The third-order valence-electron chi connectivity index (χ3n) is 3.46. The molecule has 2 heterocycles. The van der Waals surface area contributed by atoms with Crippen molar-refractivity contribution in [3.63, 3.8) is 0 Å². The standard InChI is InChI=1S/C15H13NO3S/c17-14(16-8-11(9-16)15(18)19)13-12(6-7-20-13)10-4-2-1-3-5-10/h1-7,11H,8-9H2,(H,18,19). The van der Waals surface area contributed by atoms with Gasteiger partial charge in [-0.2, -0.15) is 0 Å². The van der Waals surface area contributed by atoms with E-state index in [4.69, 9.17) is 5.11 Å². The number of thiophene rings is 1. The monoisotopic (exact) mass is 287 g/mol. The fourth-order valence-electron chi connectivity index (χ4n) is 2.26. The molecule has 1 N–H and O–H groups in total. The van der Waals surface area contributed by atoms with Crippen LogP contribution < -0.4 is 0 Å². The van der Waals surface area contributed by atoms with Crippen LogP contribution in [0.15, 0.2) is 41.8 Å². The largest absolute Gasteiger partial charge is 0.481 e. The number of hydrogen-bond donors (Lipinski definition) is 1. The SMILES string of the molecule is O=C(O)C1CN(C(=O)c2sccc2-c2ccccc2)C1. The number of hydrogen-bond acceptors (Lipinski definition) is 3. The van der Waals surface area contributed by atoms with Gasteiger partial charge >= 0.3 is 5.97 Å². The Kier molecular flexibility index (Phi) is 3.28. The van der Waals surface area contributed by atoms with E-state index in [1.165, 1.54) is 11.3 Å². The van der Waals surface area contributed by atoms with Gasteiger partial charge in [-0.15, -0.1) is 11.3 Å². The van der Waals surface area contributed by atoms with Gasteiger partial charge in [0.15, 0.2) is 0 Å². The van der Waals surface area contributed by atoms with Crippen LogP contribution in [0, 0.1) is 5.92 Å². The first-order chi connectivity index (χ1) is 9.66. The number of likely N-dealkylation sites (tertiary alicyclic amines) is 1. The van der Waals surface area contributed by atoms with E-state index in [1.807, 2.05) is 41.8 Å². The summed E-state index contributed by atoms with van der Waals surface area (Å²) in [6.45, 7) is 0.612. The molecule has 1 aliphatic rings. The summed E-state index contributed by atoms with van der Waals surface area (Å²) in [6.07, 6.45) is 0. The smallest absolute Gasteiger partial charge is 0.310 e. The molecule has 3 rings (SSSR count). The van der Waals surface area contributed by atoms with Crippen molar-refractivity contribution in [2.75, 3.05) is 13.1 Å². The molecule has 5 heteroatoms. The fraction of sp³-hybridized carbons (Fsp3) is 0.200. The Hall–Kier alpha value is -2.14. The van der Waals surface area contributed by atoms with Crippen LogP contribution in [0.3, 0.4) is 0 Å². The zero-order chi connectivity index (χ0) is 14.1. The van der Waals surface area contributed by atoms with E-state index >= 15 is 0 Å². The van der Waals surface area contributed by atoms with Crippen molar-refractivity contribution in [3.8, 4) is 11.1 Å². The molecule has 2 aromatic rings. The molecular formula is C15H13NO3S. The van der Waals surface area contributed by atoms with Crippen LogP contribution in [-0.4, -0.2) is 35.0 Å². The number of carboxylic acid groups (broad SMARTS) is 1. The Labute approximate surface area is 120 Å². The summed E-state index contributed by atoms with van der Waals surface area (Å²) in [7, 11) is 0. The van der Waals surface area contributed by atoms with E-state index in [0.29, 0.717) is 18.0 Å². The third kappa shape index (κ3) is 2.20. The number of rotatable bonds is 3. The molecule has 1 saturated heterocycles. The van der Waals surface area contributed by atoms with Crippen molar-refractivity contribution < 1.29 is 14.7 Å². The first-order valence-electron chi connectivity index (χ1n) is 6.32. The number of carbonyl (C=O) groups excluding carboxylic acids is 1. The Morgan fingerprint density at radius 3 is 2.50 bits per heavy atom. The second kappa shape index (κ2) is 5.09. The number of amides is 1. The fourth-order valence-corrected chi connectivity index (χ4v) is 3.15. The maximum atomic E-state index is 12.4. The van der Waals surface area contributed by atoms with Gasteiger partial charge in [-0.1, -0.05) is 30.3 Å². The van der Waals surface area contributed by atoms with Gasteiger partial charge < -0.3 is 10.0 Å². The van der Waals surface area contributed by atoms with Crippen molar-refractivity contribution in [3.05, 3.63) is 46.7 Å². The summed E-state index contributed by atoms with van der Waals surface area (Å²) in [5.41, 5.74) is 1.92. The van der Waals surface area contributed by atoms with Gasteiger partial charge in [0.2, 0.25) is 0 Å². The van der Waals surface area contributed by atoms with Crippen LogP contribution in [0.2, 0.25) is 0 Å². The summed E-state index contributed by atoms with van der Waals surface area (Å²) in [6, 6.07) is 11.7. The van der Waals surface area contributed by atoms with Crippen molar-refractivity contribution in [1.82, 2.24) is 4.90 Å². The molecule has 1 amide bonds. The summed E-state index contributed by atoms with van der Waals surface area (Å²) in [5, 5.41) is 10.8. The lowest BCUT2D eigenvalue weighted by Crippen LogP contribution is -2.52. The molecule has 4 nitrogen and oxygen atoms in total. The normalized spacial score (nSPS) is 14.9. The Balaban J connectivity index is 1.81. The van der Waals surface area contributed by atoms with Crippen LogP contribution in [0.25, 0.3) is 11.1 Å². The van der Waals surface area contributed by atoms with Gasteiger partial charge in [0, 0.05) is 18.7 Å². The average Bonchev–Trinajstić information content (AvgIpc) is 2.86. The first-order valence-corrected chi connectivity index (χ1v) is 7.20. The lowest BCUT2D eigenvalue weighted by molar-refractivity contribution is -0.146. The van der Waals surface area contributed by atoms with E-state index in [9.17, 15) is 9.59 Å². The summed E-state index contributed by atoms with van der Waals surface area (Å²) < 4.78 is 0. The molecule has 0 atom stereocenters. The van der Waals surface area contributed by atoms with Gasteiger partial charge in [0.25, 0.3) is 5.91 Å². The highest BCUT2D eigenvalue weighted by molar-refractivity contribution is 7.12. The second-order valence-electron chi connectivity index (χ2n) is 4.77. The van der Waals surface area contributed by atoms with Gasteiger partial charge in [-0.3, -0.25) is 9.59 Å². The Morgan fingerprint density at radius 1 is 1.15 bits per heavy atom. The zero-order valence-corrected chi connectivity index (χ0v) is 11.5. The van der Waals surface area contributed by atoms with Gasteiger partial charge in [0.1, 0.15) is 0 Å². The van der Waals surface area contributed by atoms with E-state index in [2.05, 4.69) is 0 Å². The highest BCUT2D eigenvalue weighted by atomic mass is 32.1. The first kappa shape index (κ1) is 12.9. The molecule has 0 spiro atoms. The maximum absolute atomic E-state index is 12.4. The summed E-state index contributed by atoms with van der Waals surface area (Å²) in [5.74, 6) is -1.32. The minimum Gasteiger partial charge on any atom is -0.481 e. The van der Waals surface area contributed by atoms with E-state index in [-0.39, 0.29) is 5.91 Å². The van der Waals surface area contributed by atoms with Crippen LogP contribution in [0.1, 0.15) is 9.67 Å². The number of aliphatic carboxylic acids is 1. The molecule has 0 radical (unpaired) electrons. The zero-order valence-electron chi connectivity index (χ0n) is 10.7. The van der Waals surface area contributed by atoms with Gasteiger partial charge in [0.05, 0.1) is 10.8 Å². The van der Waals surface area contributed by atoms with Crippen molar-refractivity contribution in [1.29, 1.82) is 0 Å². The number of carbonyl (C=O) groups is 2. The van der Waals surface area contributed by atoms with Crippen LogP contribution in [0.4, 0.5) is 0 Å². The number of nitrogens with zero attached hydrogens (tertiary/aromatic N) is 1. The predicted octanol–water partition coefficient (Wildman–Crippen LogP) is 2.57. The minimum atomic E-state index is -0.830. The van der Waals surface area contributed by atoms with Crippen molar-refractivity contribution >= 4 is 23.2 Å². The van der Waals surface area contributed by atoms with Gasteiger partial charge in [-0.25, -0.2) is 0 Å². The topological polar surface area (TPSA) is 57.6 Å². The Bertz CT molecular complexity index is 644. The van der Waals surface area contributed by atoms with E-state index < -0.39 is 11.9 Å². The molecule has 0 aliphatic carbocycles. The molecule has 0 unspecified atom stereocenters. The van der Waals surface area contributed by atoms with E-state index in [0.717, 1.165) is 11.1 Å². The maximum Gasteiger partial charge on any atom is 0.310 e.